The molecule has 8 heteroatoms. The summed E-state index contributed by atoms with van der Waals surface area (Å²) in [7, 11) is -4.01. The van der Waals surface area contributed by atoms with Crippen LogP contribution in [0.2, 0.25) is 5.02 Å². The number of nitrogens with one attached hydrogen (secondary N) is 1. The number of amides is 1. The average Bonchev–Trinajstić information content (AvgIpc) is 2.88. The quantitative estimate of drug-likeness (QED) is 0.499. The molecule has 0 unspecified atom stereocenters. The van der Waals surface area contributed by atoms with Gasteiger partial charge < -0.3 is 10.1 Å². The van der Waals surface area contributed by atoms with Crippen LogP contribution in [0.3, 0.4) is 0 Å². The molecule has 1 N–H and O–H groups in total. The lowest BCUT2D eigenvalue weighted by atomic mass is 9.74. The number of carbonyl (C=O) groups excluding carboxylic acids is 1. The van der Waals surface area contributed by atoms with Gasteiger partial charge in [0, 0.05) is 25.2 Å². The van der Waals surface area contributed by atoms with Crippen LogP contribution in [0.15, 0.2) is 89.8 Å². The highest BCUT2D eigenvalue weighted by molar-refractivity contribution is 7.92. The van der Waals surface area contributed by atoms with Gasteiger partial charge in [0.05, 0.1) is 15.6 Å². The fourth-order valence-electron chi connectivity index (χ4n) is 4.25. The molecule has 0 aromatic heterocycles. The standard InChI is InChI=1S/C26H27ClN2O4S/c27-23-13-7-8-14-24(23)29(34(31,32)22-11-5-2-6-12-22)19-25(30)28-20-26(15-17-33-18-16-26)21-9-3-1-4-10-21/h1-14H,15-20H2,(H,28,30). The number of ether oxygens (including phenoxy) is 1. The molecule has 0 bridgehead atoms. The molecular formula is C26H27ClN2O4S. The van der Waals surface area contributed by atoms with Crippen LogP contribution >= 0.6 is 11.6 Å². The first kappa shape index (κ1) is 24.3. The fourth-order valence-corrected chi connectivity index (χ4v) is 6.00. The van der Waals surface area contributed by atoms with E-state index in [1.165, 1.54) is 12.1 Å². The summed E-state index contributed by atoms with van der Waals surface area (Å²) in [5.74, 6) is -0.402. The van der Waals surface area contributed by atoms with E-state index in [1.807, 2.05) is 18.2 Å². The molecular weight excluding hydrogens is 472 g/mol. The summed E-state index contributed by atoms with van der Waals surface area (Å²) in [5.41, 5.74) is 1.13. The van der Waals surface area contributed by atoms with E-state index in [-0.39, 0.29) is 27.6 Å². The molecule has 0 aliphatic carbocycles. The molecule has 0 atom stereocenters. The van der Waals surface area contributed by atoms with Gasteiger partial charge >= 0.3 is 0 Å². The van der Waals surface area contributed by atoms with Gasteiger partial charge in [0.1, 0.15) is 6.54 Å². The van der Waals surface area contributed by atoms with Crippen LogP contribution in [0.5, 0.6) is 0 Å². The Bertz CT molecular complexity index is 1210. The van der Waals surface area contributed by atoms with Crippen molar-refractivity contribution in [3.05, 3.63) is 95.5 Å². The minimum absolute atomic E-state index is 0.0907. The highest BCUT2D eigenvalue weighted by Crippen LogP contribution is 2.34. The molecule has 1 saturated heterocycles. The van der Waals surface area contributed by atoms with Crippen molar-refractivity contribution in [2.45, 2.75) is 23.2 Å². The molecule has 1 aliphatic rings. The molecule has 34 heavy (non-hydrogen) atoms. The van der Waals surface area contributed by atoms with E-state index in [2.05, 4.69) is 17.4 Å². The van der Waals surface area contributed by atoms with E-state index in [0.29, 0.717) is 19.8 Å². The Morgan fingerprint density at radius 3 is 2.15 bits per heavy atom. The molecule has 1 fully saturated rings. The van der Waals surface area contributed by atoms with Crippen molar-refractivity contribution in [2.75, 3.05) is 30.6 Å². The minimum atomic E-state index is -4.01. The van der Waals surface area contributed by atoms with Crippen molar-refractivity contribution >= 4 is 33.2 Å². The van der Waals surface area contributed by atoms with Gasteiger partial charge in [0.25, 0.3) is 10.0 Å². The topological polar surface area (TPSA) is 75.7 Å². The van der Waals surface area contributed by atoms with Crippen LogP contribution < -0.4 is 9.62 Å². The Kier molecular flexibility index (Phi) is 7.56. The van der Waals surface area contributed by atoms with Crippen LogP contribution in [0, 0.1) is 0 Å². The van der Waals surface area contributed by atoms with Crippen molar-refractivity contribution in [1.82, 2.24) is 5.32 Å². The zero-order valence-electron chi connectivity index (χ0n) is 18.7. The van der Waals surface area contributed by atoms with Crippen LogP contribution in [0.25, 0.3) is 0 Å². The summed E-state index contributed by atoms with van der Waals surface area (Å²) in [4.78, 5) is 13.2. The van der Waals surface area contributed by atoms with E-state index < -0.39 is 15.9 Å². The Balaban J connectivity index is 1.58. The first-order valence-electron chi connectivity index (χ1n) is 11.1. The van der Waals surface area contributed by atoms with E-state index in [0.717, 1.165) is 22.7 Å². The molecule has 3 aromatic carbocycles. The molecule has 0 radical (unpaired) electrons. The predicted octanol–water partition coefficient (Wildman–Crippen LogP) is 4.40. The number of carbonyl (C=O) groups is 1. The van der Waals surface area contributed by atoms with Gasteiger partial charge in [-0.2, -0.15) is 0 Å². The van der Waals surface area contributed by atoms with Crippen LogP contribution in [-0.4, -0.2) is 40.6 Å². The van der Waals surface area contributed by atoms with Crippen molar-refractivity contribution in [1.29, 1.82) is 0 Å². The third-order valence-corrected chi connectivity index (χ3v) is 8.29. The van der Waals surface area contributed by atoms with E-state index in [9.17, 15) is 13.2 Å². The number of rotatable bonds is 8. The number of nitrogens with zero attached hydrogens (tertiary/aromatic N) is 1. The largest absolute Gasteiger partial charge is 0.381 e. The van der Waals surface area contributed by atoms with Gasteiger partial charge in [-0.1, -0.05) is 72.3 Å². The summed E-state index contributed by atoms with van der Waals surface area (Å²) in [6.07, 6.45) is 1.54. The fraction of sp³-hybridized carbons (Fsp3) is 0.269. The third kappa shape index (κ3) is 5.27. The summed E-state index contributed by atoms with van der Waals surface area (Å²) >= 11 is 6.35. The Hall–Kier alpha value is -2.87. The maximum atomic E-state index is 13.5. The molecule has 0 spiro atoms. The average molecular weight is 499 g/mol. The van der Waals surface area contributed by atoms with Gasteiger partial charge in [0.15, 0.2) is 0 Å². The highest BCUT2D eigenvalue weighted by Gasteiger charge is 2.35. The molecule has 1 amide bonds. The van der Waals surface area contributed by atoms with Gasteiger partial charge in [-0.15, -0.1) is 0 Å². The Morgan fingerprint density at radius 1 is 0.912 bits per heavy atom. The lowest BCUT2D eigenvalue weighted by Gasteiger charge is -2.38. The number of para-hydroxylation sites is 1. The molecule has 4 rings (SSSR count). The maximum absolute atomic E-state index is 13.5. The summed E-state index contributed by atoms with van der Waals surface area (Å²) < 4.78 is 33.6. The number of anilines is 1. The highest BCUT2D eigenvalue weighted by atomic mass is 35.5. The van der Waals surface area contributed by atoms with Gasteiger partial charge in [-0.25, -0.2) is 8.42 Å². The van der Waals surface area contributed by atoms with Gasteiger partial charge in [0.2, 0.25) is 5.91 Å². The zero-order chi connectivity index (χ0) is 24.0. The number of halogens is 1. The minimum Gasteiger partial charge on any atom is -0.381 e. The SMILES string of the molecule is O=C(CN(c1ccccc1Cl)S(=O)(=O)c1ccccc1)NCC1(c2ccccc2)CCOCC1. The molecule has 3 aromatic rings. The van der Waals surface area contributed by atoms with E-state index in [1.54, 1.807) is 42.5 Å². The lowest BCUT2D eigenvalue weighted by molar-refractivity contribution is -0.120. The Morgan fingerprint density at radius 2 is 1.50 bits per heavy atom. The van der Waals surface area contributed by atoms with Crippen molar-refractivity contribution in [3.8, 4) is 0 Å². The smallest absolute Gasteiger partial charge is 0.264 e. The summed E-state index contributed by atoms with van der Waals surface area (Å²) in [6.45, 7) is 1.22. The lowest BCUT2D eigenvalue weighted by Crippen LogP contribution is -2.48. The van der Waals surface area contributed by atoms with Crippen LogP contribution in [0.4, 0.5) is 5.69 Å². The zero-order valence-corrected chi connectivity index (χ0v) is 20.3. The number of benzene rings is 3. The van der Waals surface area contributed by atoms with Crippen LogP contribution in [-0.2, 0) is 25.0 Å². The molecule has 0 saturated carbocycles. The summed E-state index contributed by atoms with van der Waals surface area (Å²) in [5, 5.41) is 3.24. The molecule has 1 aliphatic heterocycles. The monoisotopic (exact) mass is 498 g/mol. The second-order valence-electron chi connectivity index (χ2n) is 8.31. The Labute approximate surface area is 205 Å². The normalized spacial score (nSPS) is 15.4. The molecule has 1 heterocycles. The number of hydrogen-bond acceptors (Lipinski definition) is 4. The number of sulfonamides is 1. The molecule has 178 valence electrons. The van der Waals surface area contributed by atoms with E-state index in [4.69, 9.17) is 16.3 Å². The number of hydrogen-bond donors (Lipinski definition) is 1. The van der Waals surface area contributed by atoms with Crippen molar-refractivity contribution < 1.29 is 17.9 Å². The van der Waals surface area contributed by atoms with Gasteiger partial charge in [-0.05, 0) is 42.7 Å². The first-order valence-corrected chi connectivity index (χ1v) is 13.0. The maximum Gasteiger partial charge on any atom is 0.264 e. The third-order valence-electron chi connectivity index (χ3n) is 6.20. The van der Waals surface area contributed by atoms with Crippen LogP contribution in [0.1, 0.15) is 18.4 Å². The van der Waals surface area contributed by atoms with Crippen molar-refractivity contribution in [3.63, 3.8) is 0 Å². The molecule has 6 nitrogen and oxygen atoms in total. The first-order chi connectivity index (χ1) is 16.4. The predicted molar refractivity (Wildman–Crippen MR) is 134 cm³/mol. The van der Waals surface area contributed by atoms with Crippen molar-refractivity contribution in [2.24, 2.45) is 0 Å². The van der Waals surface area contributed by atoms with E-state index >= 15 is 0 Å². The second-order valence-corrected chi connectivity index (χ2v) is 10.6. The van der Waals surface area contributed by atoms with Gasteiger partial charge in [-0.3, -0.25) is 9.10 Å². The second kappa shape index (κ2) is 10.6. The summed E-state index contributed by atoms with van der Waals surface area (Å²) in [6, 6.07) is 24.7.